The van der Waals surface area contributed by atoms with Gasteiger partial charge in [-0.3, -0.25) is 14.4 Å². The first-order chi connectivity index (χ1) is 39.0. The van der Waals surface area contributed by atoms with E-state index in [-0.39, 0.29) is 44.4 Å². The number of carbonyl (C=O) groups is 3. The van der Waals surface area contributed by atoms with Gasteiger partial charge in [0.1, 0.15) is 13.2 Å². The molecule has 0 radical (unpaired) electrons. The fraction of sp³-hybridized carbons (Fsp3) is 0.493. The SMILES string of the molecule is CC/C=C\C/C=C\C/C=C\C/C=C\C/C=C\C/C=C\C/C=C\C/C=C\CCCCC(=O)OCC(COC(=O)C/C=C\C/C=C\C/C=C\C/C=C\C/C=C\CC)OC(=O)CCCCCCCC/C=C\C/C=C\C/C=C\C/C=C\CC. The van der Waals surface area contributed by atoms with E-state index in [1.54, 1.807) is 6.08 Å². The van der Waals surface area contributed by atoms with E-state index in [2.05, 4.69) is 215 Å². The van der Waals surface area contributed by atoms with Crippen molar-refractivity contribution in [2.45, 2.75) is 219 Å². The van der Waals surface area contributed by atoms with Gasteiger partial charge in [-0.1, -0.05) is 253 Å². The van der Waals surface area contributed by atoms with Crippen molar-refractivity contribution < 1.29 is 28.6 Å². The average molecular weight is 1080 g/mol. The zero-order valence-electron chi connectivity index (χ0n) is 49.8. The molecule has 0 N–H and O–H groups in total. The summed E-state index contributed by atoms with van der Waals surface area (Å²) in [6.07, 6.45) is 99.9. The molecule has 0 aromatic carbocycles. The van der Waals surface area contributed by atoms with Crippen LogP contribution in [0.2, 0.25) is 0 Å². The topological polar surface area (TPSA) is 78.9 Å². The lowest BCUT2D eigenvalue weighted by Gasteiger charge is -2.18. The van der Waals surface area contributed by atoms with Gasteiger partial charge in [0, 0.05) is 12.8 Å². The molecule has 0 saturated heterocycles. The summed E-state index contributed by atoms with van der Waals surface area (Å²) < 4.78 is 16.7. The summed E-state index contributed by atoms with van der Waals surface area (Å²) >= 11 is 0. The first kappa shape index (κ1) is 73.0. The van der Waals surface area contributed by atoms with Crippen LogP contribution in [-0.2, 0) is 28.6 Å². The summed E-state index contributed by atoms with van der Waals surface area (Å²) in [5.74, 6) is -1.15. The lowest BCUT2D eigenvalue weighted by atomic mass is 10.1. The van der Waals surface area contributed by atoms with Crippen LogP contribution in [0.3, 0.4) is 0 Å². The van der Waals surface area contributed by atoms with Gasteiger partial charge in [-0.2, -0.15) is 0 Å². The summed E-state index contributed by atoms with van der Waals surface area (Å²) in [4.78, 5) is 38.2. The number of rotatable bonds is 52. The van der Waals surface area contributed by atoms with Crippen LogP contribution in [0.4, 0.5) is 0 Å². The van der Waals surface area contributed by atoms with Gasteiger partial charge in [-0.05, 0) is 148 Å². The number of ether oxygens (including phenoxy) is 3. The molecule has 0 heterocycles. The van der Waals surface area contributed by atoms with E-state index in [1.165, 1.54) is 12.8 Å². The predicted molar refractivity (Wildman–Crippen MR) is 343 cm³/mol. The normalized spacial score (nSPS) is 13.6. The highest BCUT2D eigenvalue weighted by Gasteiger charge is 2.19. The Morgan fingerprint density at radius 2 is 0.506 bits per heavy atom. The van der Waals surface area contributed by atoms with Crippen molar-refractivity contribution >= 4 is 17.9 Å². The first-order valence-electron chi connectivity index (χ1n) is 30.6. The summed E-state index contributed by atoms with van der Waals surface area (Å²) in [5.41, 5.74) is 0. The Labute approximate surface area is 483 Å². The molecule has 0 bridgehead atoms. The Morgan fingerprint density at radius 3 is 0.848 bits per heavy atom. The Kier molecular flexibility index (Phi) is 59.6. The molecule has 436 valence electrons. The second-order valence-electron chi connectivity index (χ2n) is 19.1. The number of esters is 3. The van der Waals surface area contributed by atoms with Crippen molar-refractivity contribution in [1.29, 1.82) is 0 Å². The van der Waals surface area contributed by atoms with E-state index in [9.17, 15) is 14.4 Å². The molecule has 0 amide bonds. The van der Waals surface area contributed by atoms with Gasteiger partial charge in [0.25, 0.3) is 0 Å². The van der Waals surface area contributed by atoms with E-state index >= 15 is 0 Å². The van der Waals surface area contributed by atoms with Gasteiger partial charge in [0.2, 0.25) is 0 Å². The van der Waals surface area contributed by atoms with Crippen LogP contribution in [0.25, 0.3) is 0 Å². The summed E-state index contributed by atoms with van der Waals surface area (Å²) in [7, 11) is 0. The minimum atomic E-state index is -0.859. The molecule has 0 aliphatic heterocycles. The smallest absolute Gasteiger partial charge is 0.309 e. The number of carbonyl (C=O) groups excluding carboxylic acids is 3. The Balaban J connectivity index is 4.60. The Morgan fingerprint density at radius 1 is 0.266 bits per heavy atom. The van der Waals surface area contributed by atoms with Crippen LogP contribution in [0.15, 0.2) is 207 Å². The second kappa shape index (κ2) is 64.5. The number of hydrogen-bond acceptors (Lipinski definition) is 6. The monoisotopic (exact) mass is 1080 g/mol. The van der Waals surface area contributed by atoms with Crippen molar-refractivity contribution in [3.05, 3.63) is 207 Å². The molecule has 79 heavy (non-hydrogen) atoms. The maximum Gasteiger partial charge on any atom is 0.309 e. The molecule has 0 aromatic heterocycles. The van der Waals surface area contributed by atoms with Gasteiger partial charge < -0.3 is 14.2 Å². The molecule has 1 unspecified atom stereocenters. The molecule has 0 aliphatic rings. The quantitative estimate of drug-likeness (QED) is 0.0261. The maximum absolute atomic E-state index is 12.9. The third-order valence-electron chi connectivity index (χ3n) is 11.8. The largest absolute Gasteiger partial charge is 0.462 e. The van der Waals surface area contributed by atoms with Crippen molar-refractivity contribution in [1.82, 2.24) is 0 Å². The molecule has 0 aliphatic carbocycles. The fourth-order valence-corrected chi connectivity index (χ4v) is 7.34. The third-order valence-corrected chi connectivity index (χ3v) is 11.8. The fourth-order valence-electron chi connectivity index (χ4n) is 7.34. The van der Waals surface area contributed by atoms with Crippen LogP contribution in [0.1, 0.15) is 213 Å². The molecule has 6 nitrogen and oxygen atoms in total. The van der Waals surface area contributed by atoms with Crippen LogP contribution in [-0.4, -0.2) is 37.2 Å². The van der Waals surface area contributed by atoms with Gasteiger partial charge in [-0.15, -0.1) is 0 Å². The molecular formula is C73H108O6. The molecule has 0 rings (SSSR count). The van der Waals surface area contributed by atoms with E-state index < -0.39 is 12.1 Å². The highest BCUT2D eigenvalue weighted by molar-refractivity contribution is 5.72. The van der Waals surface area contributed by atoms with E-state index in [0.717, 1.165) is 148 Å². The van der Waals surface area contributed by atoms with Crippen LogP contribution in [0.5, 0.6) is 0 Å². The molecule has 6 heteroatoms. The van der Waals surface area contributed by atoms with E-state index in [0.29, 0.717) is 12.8 Å². The predicted octanol–water partition coefficient (Wildman–Crippen LogP) is 21.2. The summed E-state index contributed by atoms with van der Waals surface area (Å²) in [6, 6.07) is 0. The Bertz CT molecular complexity index is 1960. The Hall–Kier alpha value is -6.01. The lowest BCUT2D eigenvalue weighted by Crippen LogP contribution is -2.30. The number of hydrogen-bond donors (Lipinski definition) is 0. The van der Waals surface area contributed by atoms with E-state index in [4.69, 9.17) is 14.2 Å². The minimum absolute atomic E-state index is 0.104. The second-order valence-corrected chi connectivity index (χ2v) is 19.1. The van der Waals surface area contributed by atoms with Gasteiger partial charge in [-0.25, -0.2) is 0 Å². The van der Waals surface area contributed by atoms with Crippen LogP contribution >= 0.6 is 0 Å². The standard InChI is InChI=1S/C73H108O6/c1-4-7-10-13-16-19-22-25-28-30-32-33-34-35-36-37-38-39-41-42-45-48-51-54-57-60-63-66-72(75)78-69-70(68-77-71(74)65-62-59-56-53-50-47-44-27-24-21-18-15-12-9-6-3)79-73(76)67-64-61-58-55-52-49-46-43-40-31-29-26-23-20-17-14-11-8-5-2/h7-12,16-21,25-29,32-33,35-36,38-40,42-45,50-51,53-54,59,62,70H,4-6,13-15,22-24,30-31,34,37,41,46-49,52,55-58,60-61,63-69H2,1-3H3/b10-7-,11-8-,12-9-,19-16-,20-17-,21-18-,28-25-,29-26-,33-32-,36-35-,39-38-,43-40-,44-27-,45-42-,53-50-,54-51-,62-59-. The van der Waals surface area contributed by atoms with E-state index in [1.807, 2.05) is 6.08 Å². The van der Waals surface area contributed by atoms with Crippen molar-refractivity contribution in [2.75, 3.05) is 13.2 Å². The highest BCUT2D eigenvalue weighted by atomic mass is 16.6. The molecule has 1 atom stereocenters. The minimum Gasteiger partial charge on any atom is -0.462 e. The first-order valence-corrected chi connectivity index (χ1v) is 30.6. The van der Waals surface area contributed by atoms with Crippen molar-refractivity contribution in [3.63, 3.8) is 0 Å². The molecular weight excluding hydrogens is 973 g/mol. The highest BCUT2D eigenvalue weighted by Crippen LogP contribution is 2.12. The maximum atomic E-state index is 12.9. The molecule has 0 spiro atoms. The summed E-state index contributed by atoms with van der Waals surface area (Å²) in [5, 5.41) is 0. The van der Waals surface area contributed by atoms with Crippen LogP contribution < -0.4 is 0 Å². The van der Waals surface area contributed by atoms with Crippen molar-refractivity contribution in [3.8, 4) is 0 Å². The van der Waals surface area contributed by atoms with Crippen LogP contribution in [0, 0.1) is 0 Å². The lowest BCUT2D eigenvalue weighted by molar-refractivity contribution is -0.166. The average Bonchev–Trinajstić information content (AvgIpc) is 3.45. The van der Waals surface area contributed by atoms with Gasteiger partial charge in [0.05, 0.1) is 6.42 Å². The van der Waals surface area contributed by atoms with Crippen molar-refractivity contribution in [2.24, 2.45) is 0 Å². The number of allylic oxidation sites excluding steroid dienone is 33. The molecule has 0 aromatic rings. The summed E-state index contributed by atoms with van der Waals surface area (Å²) in [6.45, 7) is 6.13. The zero-order chi connectivity index (χ0) is 57.1. The van der Waals surface area contributed by atoms with Gasteiger partial charge >= 0.3 is 17.9 Å². The van der Waals surface area contributed by atoms with Gasteiger partial charge in [0.15, 0.2) is 6.10 Å². The zero-order valence-corrected chi connectivity index (χ0v) is 49.8. The molecule has 0 fully saturated rings. The third kappa shape index (κ3) is 62.7. The number of unbranched alkanes of at least 4 members (excludes halogenated alkanes) is 8. The molecule has 0 saturated carbocycles.